The standard InChI is InChI=1S/C21H20N2O2/c1-14-9-10-19-17(12-14)20(16-7-2-3-8-18(16)23-19)21(24)25-13-15-6-4-5-11-22-15/h4-6,9-12H,2-3,7-8,13H2,1H3. The molecule has 0 saturated heterocycles. The van der Waals surface area contributed by atoms with Crippen molar-refractivity contribution in [3.63, 3.8) is 0 Å². The number of hydrogen-bond donors (Lipinski definition) is 0. The van der Waals surface area contributed by atoms with Gasteiger partial charge >= 0.3 is 5.97 Å². The number of aromatic nitrogens is 2. The third-order valence-corrected chi connectivity index (χ3v) is 4.70. The molecule has 0 atom stereocenters. The van der Waals surface area contributed by atoms with Gasteiger partial charge in [-0.05, 0) is 62.4 Å². The molecule has 3 aromatic rings. The van der Waals surface area contributed by atoms with Gasteiger partial charge in [0.05, 0.1) is 16.8 Å². The molecule has 0 N–H and O–H groups in total. The van der Waals surface area contributed by atoms with Gasteiger partial charge in [0, 0.05) is 17.3 Å². The van der Waals surface area contributed by atoms with Crippen molar-refractivity contribution in [3.8, 4) is 0 Å². The predicted octanol–water partition coefficient (Wildman–Crippen LogP) is 4.17. The van der Waals surface area contributed by atoms with Crippen LogP contribution in [-0.4, -0.2) is 15.9 Å². The highest BCUT2D eigenvalue weighted by molar-refractivity contribution is 6.05. The summed E-state index contributed by atoms with van der Waals surface area (Å²) in [6, 6.07) is 11.7. The first-order valence-corrected chi connectivity index (χ1v) is 8.71. The van der Waals surface area contributed by atoms with Crippen LogP contribution in [0.4, 0.5) is 0 Å². The molecular formula is C21H20N2O2. The van der Waals surface area contributed by atoms with E-state index in [-0.39, 0.29) is 12.6 Å². The number of rotatable bonds is 3. The van der Waals surface area contributed by atoms with Crippen molar-refractivity contribution in [1.29, 1.82) is 0 Å². The van der Waals surface area contributed by atoms with Crippen molar-refractivity contribution in [2.45, 2.75) is 39.2 Å². The summed E-state index contributed by atoms with van der Waals surface area (Å²) in [7, 11) is 0. The molecule has 0 fully saturated rings. The van der Waals surface area contributed by atoms with E-state index in [1.54, 1.807) is 6.20 Å². The first kappa shape index (κ1) is 15.8. The zero-order valence-corrected chi connectivity index (χ0v) is 14.3. The van der Waals surface area contributed by atoms with E-state index < -0.39 is 0 Å². The first-order chi connectivity index (χ1) is 12.2. The highest BCUT2D eigenvalue weighted by Crippen LogP contribution is 2.30. The third-order valence-electron chi connectivity index (χ3n) is 4.70. The molecule has 1 aromatic carbocycles. The Labute approximate surface area is 146 Å². The van der Waals surface area contributed by atoms with E-state index in [1.807, 2.05) is 43.3 Å². The number of fused-ring (bicyclic) bond motifs is 2. The number of nitrogens with zero attached hydrogens (tertiary/aromatic N) is 2. The van der Waals surface area contributed by atoms with Crippen molar-refractivity contribution < 1.29 is 9.53 Å². The van der Waals surface area contributed by atoms with Gasteiger partial charge in [-0.1, -0.05) is 17.7 Å². The van der Waals surface area contributed by atoms with E-state index in [0.29, 0.717) is 5.56 Å². The lowest BCUT2D eigenvalue weighted by atomic mass is 9.89. The van der Waals surface area contributed by atoms with E-state index >= 15 is 0 Å². The number of hydrogen-bond acceptors (Lipinski definition) is 4. The first-order valence-electron chi connectivity index (χ1n) is 8.71. The molecule has 0 unspecified atom stereocenters. The molecule has 0 aliphatic heterocycles. The molecule has 1 aliphatic carbocycles. The second-order valence-electron chi connectivity index (χ2n) is 6.54. The molecule has 25 heavy (non-hydrogen) atoms. The minimum Gasteiger partial charge on any atom is -0.456 e. The maximum Gasteiger partial charge on any atom is 0.339 e. The fourth-order valence-electron chi connectivity index (χ4n) is 3.47. The average Bonchev–Trinajstić information content (AvgIpc) is 2.65. The number of ether oxygens (including phenoxy) is 1. The summed E-state index contributed by atoms with van der Waals surface area (Å²) in [5.74, 6) is -0.276. The van der Waals surface area contributed by atoms with Gasteiger partial charge in [0.1, 0.15) is 6.61 Å². The number of aryl methyl sites for hydroxylation is 2. The smallest absolute Gasteiger partial charge is 0.339 e. The van der Waals surface area contributed by atoms with Crippen molar-refractivity contribution in [3.05, 3.63) is 70.7 Å². The summed E-state index contributed by atoms with van der Waals surface area (Å²) in [4.78, 5) is 22.0. The van der Waals surface area contributed by atoms with Crippen LogP contribution in [0.3, 0.4) is 0 Å². The van der Waals surface area contributed by atoms with Gasteiger partial charge in [0.25, 0.3) is 0 Å². The summed E-state index contributed by atoms with van der Waals surface area (Å²) in [5.41, 5.74) is 5.54. The second kappa shape index (κ2) is 6.63. The van der Waals surface area contributed by atoms with Crippen LogP contribution in [0.5, 0.6) is 0 Å². The van der Waals surface area contributed by atoms with Gasteiger partial charge in [0.15, 0.2) is 0 Å². The molecule has 0 bridgehead atoms. The van der Waals surface area contributed by atoms with Crippen molar-refractivity contribution in [2.24, 2.45) is 0 Å². The average molecular weight is 332 g/mol. The predicted molar refractivity (Wildman–Crippen MR) is 96.5 cm³/mol. The highest BCUT2D eigenvalue weighted by Gasteiger charge is 2.23. The molecule has 0 saturated carbocycles. The lowest BCUT2D eigenvalue weighted by molar-refractivity contribution is 0.0468. The summed E-state index contributed by atoms with van der Waals surface area (Å²) in [6.45, 7) is 2.21. The Hall–Kier alpha value is -2.75. The van der Waals surface area contributed by atoms with E-state index in [9.17, 15) is 4.79 Å². The van der Waals surface area contributed by atoms with Gasteiger partial charge < -0.3 is 4.74 Å². The van der Waals surface area contributed by atoms with E-state index in [1.165, 1.54) is 0 Å². The van der Waals surface area contributed by atoms with Crippen LogP contribution in [0.15, 0.2) is 42.6 Å². The van der Waals surface area contributed by atoms with Crippen LogP contribution >= 0.6 is 0 Å². The lowest BCUT2D eigenvalue weighted by Gasteiger charge is -2.20. The maximum atomic E-state index is 12.9. The normalized spacial score (nSPS) is 13.5. The van der Waals surface area contributed by atoms with Crippen LogP contribution in [0.2, 0.25) is 0 Å². The Balaban J connectivity index is 1.76. The summed E-state index contributed by atoms with van der Waals surface area (Å²) in [6.07, 6.45) is 5.74. The fraction of sp³-hybridized carbons (Fsp3) is 0.286. The van der Waals surface area contributed by atoms with Gasteiger partial charge in [0.2, 0.25) is 0 Å². The Morgan fingerprint density at radius 2 is 2.04 bits per heavy atom. The van der Waals surface area contributed by atoms with Crippen LogP contribution in [0.25, 0.3) is 10.9 Å². The molecule has 126 valence electrons. The second-order valence-corrected chi connectivity index (χ2v) is 6.54. The molecule has 2 aromatic heterocycles. The number of carbonyl (C=O) groups is 1. The Bertz CT molecular complexity index is 936. The van der Waals surface area contributed by atoms with E-state index in [4.69, 9.17) is 9.72 Å². The molecule has 4 rings (SSSR count). The molecule has 0 spiro atoms. The van der Waals surface area contributed by atoms with Gasteiger partial charge in [-0.3, -0.25) is 9.97 Å². The topological polar surface area (TPSA) is 52.1 Å². The lowest BCUT2D eigenvalue weighted by Crippen LogP contribution is -2.16. The molecular weight excluding hydrogens is 312 g/mol. The Morgan fingerprint density at radius 1 is 1.16 bits per heavy atom. The minimum absolute atomic E-state index is 0.185. The zero-order chi connectivity index (χ0) is 17.2. The molecule has 4 heteroatoms. The number of pyridine rings is 2. The third kappa shape index (κ3) is 3.12. The van der Waals surface area contributed by atoms with Crippen molar-refractivity contribution in [1.82, 2.24) is 9.97 Å². The monoisotopic (exact) mass is 332 g/mol. The molecule has 0 radical (unpaired) electrons. The van der Waals surface area contributed by atoms with Gasteiger partial charge in [-0.2, -0.15) is 0 Å². The van der Waals surface area contributed by atoms with E-state index in [0.717, 1.165) is 59.1 Å². The van der Waals surface area contributed by atoms with Crippen LogP contribution in [0, 0.1) is 6.92 Å². The van der Waals surface area contributed by atoms with E-state index in [2.05, 4.69) is 4.98 Å². The van der Waals surface area contributed by atoms with Crippen LogP contribution < -0.4 is 0 Å². The Kier molecular flexibility index (Phi) is 4.18. The zero-order valence-electron chi connectivity index (χ0n) is 14.3. The maximum absolute atomic E-state index is 12.9. The minimum atomic E-state index is -0.276. The quantitative estimate of drug-likeness (QED) is 0.675. The van der Waals surface area contributed by atoms with Crippen LogP contribution in [-0.2, 0) is 24.2 Å². The Morgan fingerprint density at radius 3 is 2.88 bits per heavy atom. The van der Waals surface area contributed by atoms with Crippen LogP contribution in [0.1, 0.15) is 45.7 Å². The molecule has 2 heterocycles. The SMILES string of the molecule is Cc1ccc2nc3c(c(C(=O)OCc4ccccn4)c2c1)CCCC3. The number of carbonyl (C=O) groups excluding carboxylic acids is 1. The van der Waals surface area contributed by atoms with Crippen molar-refractivity contribution in [2.75, 3.05) is 0 Å². The summed E-state index contributed by atoms with van der Waals surface area (Å²) < 4.78 is 5.60. The van der Waals surface area contributed by atoms with Gasteiger partial charge in [-0.25, -0.2) is 4.79 Å². The molecule has 1 aliphatic rings. The molecule has 0 amide bonds. The number of benzene rings is 1. The van der Waals surface area contributed by atoms with Crippen molar-refractivity contribution >= 4 is 16.9 Å². The summed E-state index contributed by atoms with van der Waals surface area (Å²) in [5, 5.41) is 0.895. The molecule has 4 nitrogen and oxygen atoms in total. The summed E-state index contributed by atoms with van der Waals surface area (Å²) >= 11 is 0. The van der Waals surface area contributed by atoms with Gasteiger partial charge in [-0.15, -0.1) is 0 Å². The highest BCUT2D eigenvalue weighted by atomic mass is 16.5. The number of esters is 1. The largest absolute Gasteiger partial charge is 0.456 e. The fourth-order valence-corrected chi connectivity index (χ4v) is 3.47.